The molecule has 0 spiro atoms. The highest BCUT2D eigenvalue weighted by atomic mass is 35.5. The molecule has 0 bridgehead atoms. The van der Waals surface area contributed by atoms with E-state index in [9.17, 15) is 0 Å². The average molecular weight is 564 g/mol. The van der Waals surface area contributed by atoms with Gasteiger partial charge in [0.25, 0.3) is 0 Å². The highest BCUT2D eigenvalue weighted by molar-refractivity contribution is 6.32. The average Bonchev–Trinajstić information content (AvgIpc) is 3.37. The maximum Gasteiger partial charge on any atom is 0.227 e. The molecule has 3 saturated heterocycles. The van der Waals surface area contributed by atoms with E-state index < -0.39 is 0 Å². The maximum atomic E-state index is 7.01. The Hall–Kier alpha value is -2.42. The molecular formula is C31H42ClN7O. The molecule has 0 N–H and O–H groups in total. The number of ether oxygens (including phenoxy) is 1. The first-order valence-electron chi connectivity index (χ1n) is 15.3. The van der Waals surface area contributed by atoms with E-state index in [0.29, 0.717) is 12.0 Å². The molecule has 3 atom stereocenters. The number of benzene rings is 1. The summed E-state index contributed by atoms with van der Waals surface area (Å²) in [5.41, 5.74) is 4.90. The predicted molar refractivity (Wildman–Crippen MR) is 161 cm³/mol. The van der Waals surface area contributed by atoms with Crippen LogP contribution in [-0.2, 0) is 17.6 Å². The Morgan fingerprint density at radius 2 is 1.80 bits per heavy atom. The number of likely N-dealkylation sites (N-methyl/N-ethyl adjacent to an activating group) is 1. The molecule has 5 heterocycles. The van der Waals surface area contributed by atoms with Crippen LogP contribution in [0.5, 0.6) is 0 Å². The second kappa shape index (κ2) is 10.8. The molecular weight excluding hydrogens is 522 g/mol. The first kappa shape index (κ1) is 26.5. The van der Waals surface area contributed by atoms with Crippen LogP contribution >= 0.6 is 11.6 Å². The van der Waals surface area contributed by atoms with Crippen molar-refractivity contribution in [2.75, 3.05) is 56.7 Å². The normalized spacial score (nSPS) is 25.9. The number of anilines is 2. The summed E-state index contributed by atoms with van der Waals surface area (Å²) in [4.78, 5) is 17.7. The van der Waals surface area contributed by atoms with E-state index in [2.05, 4.69) is 52.5 Å². The van der Waals surface area contributed by atoms with Gasteiger partial charge in [-0.1, -0.05) is 18.5 Å². The largest absolute Gasteiger partial charge is 0.356 e. The van der Waals surface area contributed by atoms with Crippen molar-refractivity contribution >= 4 is 34.3 Å². The van der Waals surface area contributed by atoms with Crippen LogP contribution in [0.3, 0.4) is 0 Å². The van der Waals surface area contributed by atoms with E-state index in [4.69, 9.17) is 31.4 Å². The number of fused-ring (bicyclic) bond motifs is 2. The van der Waals surface area contributed by atoms with Gasteiger partial charge in [-0.05, 0) is 95.0 Å². The van der Waals surface area contributed by atoms with Crippen LogP contribution in [0.2, 0.25) is 5.02 Å². The molecule has 7 rings (SSSR count). The molecule has 3 unspecified atom stereocenters. The molecule has 3 aromatic rings. The van der Waals surface area contributed by atoms with Crippen LogP contribution in [0.15, 0.2) is 18.3 Å². The second-order valence-electron chi connectivity index (χ2n) is 12.6. The zero-order chi connectivity index (χ0) is 27.4. The third kappa shape index (κ3) is 4.66. The molecule has 1 aromatic carbocycles. The van der Waals surface area contributed by atoms with Crippen LogP contribution in [-0.4, -0.2) is 77.6 Å². The summed E-state index contributed by atoms with van der Waals surface area (Å²) >= 11 is 7.01. The number of nitrogens with zero attached hydrogens (tertiary/aromatic N) is 7. The molecule has 40 heavy (non-hydrogen) atoms. The van der Waals surface area contributed by atoms with Gasteiger partial charge in [-0.25, -0.2) is 9.67 Å². The van der Waals surface area contributed by atoms with Crippen molar-refractivity contribution in [2.24, 2.45) is 5.92 Å². The fraction of sp³-hybridized carbons (Fsp3) is 0.645. The Kier molecular flexibility index (Phi) is 7.13. The van der Waals surface area contributed by atoms with E-state index >= 15 is 0 Å². The summed E-state index contributed by atoms with van der Waals surface area (Å²) in [5.74, 6) is 2.78. The summed E-state index contributed by atoms with van der Waals surface area (Å²) in [6.07, 6.45) is 11.0. The minimum atomic E-state index is 0.00898. The van der Waals surface area contributed by atoms with Gasteiger partial charge in [0.05, 0.1) is 17.4 Å². The molecule has 0 radical (unpaired) electrons. The van der Waals surface area contributed by atoms with Crippen molar-refractivity contribution in [1.82, 2.24) is 24.6 Å². The quantitative estimate of drug-likeness (QED) is 0.410. The number of hydrogen-bond donors (Lipinski definition) is 0. The van der Waals surface area contributed by atoms with Gasteiger partial charge in [0.2, 0.25) is 5.95 Å². The van der Waals surface area contributed by atoms with Gasteiger partial charge < -0.3 is 19.4 Å². The molecule has 3 fully saturated rings. The summed E-state index contributed by atoms with van der Waals surface area (Å²) in [6.45, 7) is 7.33. The lowest BCUT2D eigenvalue weighted by Gasteiger charge is -2.44. The SMILES string of the molecule is CC1Cc2c(nc(N3CC(N(C)C)C3)nc2N2CCCCC2)CC1c1c(Cl)ccc2c1cnn2C1CCCCO1. The highest BCUT2D eigenvalue weighted by Crippen LogP contribution is 2.45. The third-order valence-electron chi connectivity index (χ3n) is 9.78. The number of hydrogen-bond acceptors (Lipinski definition) is 7. The Morgan fingerprint density at radius 3 is 2.55 bits per heavy atom. The highest BCUT2D eigenvalue weighted by Gasteiger charge is 2.37. The molecule has 0 saturated carbocycles. The first-order chi connectivity index (χ1) is 19.5. The monoisotopic (exact) mass is 563 g/mol. The number of halogens is 1. The van der Waals surface area contributed by atoms with Crippen molar-refractivity contribution in [2.45, 2.75) is 76.5 Å². The van der Waals surface area contributed by atoms with Crippen molar-refractivity contribution < 1.29 is 4.74 Å². The molecule has 3 aliphatic heterocycles. The van der Waals surface area contributed by atoms with Crippen molar-refractivity contribution in [3.8, 4) is 0 Å². The summed E-state index contributed by atoms with van der Waals surface area (Å²) in [5, 5.41) is 6.82. The number of aromatic nitrogens is 4. The minimum absolute atomic E-state index is 0.00898. The molecule has 0 amide bonds. The number of piperidine rings is 1. The molecule has 2 aromatic heterocycles. The minimum Gasteiger partial charge on any atom is -0.356 e. The van der Waals surface area contributed by atoms with E-state index in [1.165, 1.54) is 48.3 Å². The zero-order valence-electron chi connectivity index (χ0n) is 24.2. The lowest BCUT2D eigenvalue weighted by atomic mass is 9.74. The summed E-state index contributed by atoms with van der Waals surface area (Å²) in [7, 11) is 4.32. The fourth-order valence-corrected chi connectivity index (χ4v) is 7.54. The maximum absolute atomic E-state index is 7.01. The van der Waals surface area contributed by atoms with E-state index in [1.807, 2.05) is 6.20 Å². The van der Waals surface area contributed by atoms with E-state index in [-0.39, 0.29) is 12.1 Å². The lowest BCUT2D eigenvalue weighted by molar-refractivity contribution is -0.0366. The first-order valence-corrected chi connectivity index (χ1v) is 15.7. The van der Waals surface area contributed by atoms with Gasteiger partial charge >= 0.3 is 0 Å². The van der Waals surface area contributed by atoms with E-state index in [1.54, 1.807) is 0 Å². The van der Waals surface area contributed by atoms with Crippen LogP contribution < -0.4 is 9.80 Å². The molecule has 9 heteroatoms. The Bertz CT molecular complexity index is 1370. The fourth-order valence-electron chi connectivity index (χ4n) is 7.24. The summed E-state index contributed by atoms with van der Waals surface area (Å²) < 4.78 is 8.18. The van der Waals surface area contributed by atoms with Crippen LogP contribution in [0, 0.1) is 5.92 Å². The smallest absolute Gasteiger partial charge is 0.227 e. The summed E-state index contributed by atoms with van der Waals surface area (Å²) in [6, 6.07) is 4.74. The van der Waals surface area contributed by atoms with Crippen LogP contribution in [0.1, 0.15) is 74.4 Å². The predicted octanol–water partition coefficient (Wildman–Crippen LogP) is 5.44. The lowest BCUT2D eigenvalue weighted by Crippen LogP contribution is -2.58. The Labute approximate surface area is 242 Å². The van der Waals surface area contributed by atoms with Crippen molar-refractivity contribution in [3.63, 3.8) is 0 Å². The van der Waals surface area contributed by atoms with Gasteiger partial charge in [0.1, 0.15) is 5.82 Å². The standard InChI is InChI=1S/C31H42ClN7O/c1-20-15-23-26(34-31(38-18-21(19-38)36(2)3)35-30(23)37-12-6-4-7-13-37)16-22(20)29-24-17-33-39(27(24)11-10-25(29)32)28-9-5-8-14-40-28/h10-11,17,20-22,28H,4-9,12-16,18-19H2,1-3H3. The van der Waals surface area contributed by atoms with Crippen LogP contribution in [0.4, 0.5) is 11.8 Å². The Morgan fingerprint density at radius 1 is 0.975 bits per heavy atom. The van der Waals surface area contributed by atoms with E-state index in [0.717, 1.165) is 80.3 Å². The van der Waals surface area contributed by atoms with Gasteiger partial charge in [0, 0.05) is 54.8 Å². The van der Waals surface area contributed by atoms with Gasteiger partial charge in [0.15, 0.2) is 6.23 Å². The topological polar surface area (TPSA) is 62.6 Å². The zero-order valence-corrected chi connectivity index (χ0v) is 24.9. The van der Waals surface area contributed by atoms with Gasteiger partial charge in [-0.3, -0.25) is 0 Å². The molecule has 4 aliphatic rings. The van der Waals surface area contributed by atoms with Gasteiger partial charge in [-0.15, -0.1) is 0 Å². The molecule has 214 valence electrons. The second-order valence-corrected chi connectivity index (χ2v) is 13.0. The Balaban J connectivity index is 1.26. The molecule has 1 aliphatic carbocycles. The van der Waals surface area contributed by atoms with Gasteiger partial charge in [-0.2, -0.15) is 10.1 Å². The third-order valence-corrected chi connectivity index (χ3v) is 10.1. The van der Waals surface area contributed by atoms with Crippen molar-refractivity contribution in [3.05, 3.63) is 40.2 Å². The van der Waals surface area contributed by atoms with Crippen LogP contribution in [0.25, 0.3) is 10.9 Å². The molecule has 8 nitrogen and oxygen atoms in total. The number of rotatable bonds is 5. The van der Waals surface area contributed by atoms with Crippen molar-refractivity contribution in [1.29, 1.82) is 0 Å².